The van der Waals surface area contributed by atoms with E-state index in [-0.39, 0.29) is 5.91 Å². The van der Waals surface area contributed by atoms with Gasteiger partial charge in [0.25, 0.3) is 0 Å². The maximum absolute atomic E-state index is 11.9. The molecule has 0 unspecified atom stereocenters. The van der Waals surface area contributed by atoms with E-state index in [1.165, 1.54) is 37.2 Å². The zero-order chi connectivity index (χ0) is 23.1. The first-order valence-corrected chi connectivity index (χ1v) is 12.9. The third kappa shape index (κ3) is 10.4. The smallest absolute Gasteiger partial charge is 0.225 e. The van der Waals surface area contributed by atoms with Gasteiger partial charge >= 0.3 is 0 Å². The van der Waals surface area contributed by atoms with Crippen LogP contribution < -0.4 is 20.7 Å². The van der Waals surface area contributed by atoms with E-state index in [0.717, 1.165) is 24.3 Å². The number of hydrogen-bond donors (Lipinski definition) is 3. The van der Waals surface area contributed by atoms with Crippen LogP contribution in [0.3, 0.4) is 0 Å². The number of hydrogen-bond acceptors (Lipinski definition) is 5. The van der Waals surface area contributed by atoms with Crippen molar-refractivity contribution in [3.05, 3.63) is 64.5 Å². The van der Waals surface area contributed by atoms with Gasteiger partial charge in [-0.3, -0.25) is 9.69 Å². The number of thiophene rings is 1. The average molecular weight is 487 g/mol. The lowest BCUT2D eigenvalue weighted by atomic mass is 10.1. The van der Waals surface area contributed by atoms with Crippen LogP contribution in [-0.4, -0.2) is 42.2 Å². The minimum Gasteiger partial charge on any atom is -0.492 e. The molecule has 1 aliphatic rings. The van der Waals surface area contributed by atoms with Crippen LogP contribution in [0.15, 0.2) is 54.1 Å². The van der Waals surface area contributed by atoms with Crippen molar-refractivity contribution in [1.29, 1.82) is 0 Å². The molecule has 1 aromatic carbocycles. The maximum atomic E-state index is 11.9. The van der Waals surface area contributed by atoms with Gasteiger partial charge in [-0.15, -0.1) is 11.3 Å². The molecule has 0 aliphatic carbocycles. The fourth-order valence-electron chi connectivity index (χ4n) is 3.54. The lowest BCUT2D eigenvalue weighted by Crippen LogP contribution is -2.36. The second kappa shape index (κ2) is 14.7. The standard InChI is InChI=1S/C25H34N4O2S2/c30-24(11-13-27-25(32)28-18-21-9-3-1-4-10-21)26-12-5-8-16-31-22-17-23(33-20-22)19-29-14-6-2-7-15-29/h1,3-5,9-10,12,17,20H,2,6-8,11,13-16,18-19H2,(H,26,30)(H2,27,28,32)/b12-5-. The summed E-state index contributed by atoms with van der Waals surface area (Å²) in [6, 6.07) is 12.2. The van der Waals surface area contributed by atoms with Crippen LogP contribution in [0.25, 0.3) is 0 Å². The zero-order valence-corrected chi connectivity index (χ0v) is 20.7. The fourth-order valence-corrected chi connectivity index (χ4v) is 4.56. The molecule has 1 saturated heterocycles. The number of benzene rings is 1. The summed E-state index contributed by atoms with van der Waals surface area (Å²) in [5, 5.41) is 11.6. The molecule has 0 atom stereocenters. The highest BCUT2D eigenvalue weighted by atomic mass is 32.1. The Morgan fingerprint density at radius 2 is 1.97 bits per heavy atom. The van der Waals surface area contributed by atoms with E-state index in [9.17, 15) is 4.79 Å². The molecule has 0 spiro atoms. The van der Waals surface area contributed by atoms with Crippen LogP contribution in [0.1, 0.15) is 42.5 Å². The van der Waals surface area contributed by atoms with Crippen molar-refractivity contribution < 1.29 is 9.53 Å². The molecule has 1 fully saturated rings. The first kappa shape index (κ1) is 25.2. The SMILES string of the molecule is O=C(CCNC(=S)NCc1ccccc1)N/C=C\CCOc1csc(CN2CCCCC2)c1. The summed E-state index contributed by atoms with van der Waals surface area (Å²) in [5.74, 6) is 0.887. The summed E-state index contributed by atoms with van der Waals surface area (Å²) in [6.07, 6.45) is 8.68. The van der Waals surface area contributed by atoms with E-state index in [2.05, 4.69) is 32.3 Å². The summed E-state index contributed by atoms with van der Waals surface area (Å²) < 4.78 is 5.83. The van der Waals surface area contributed by atoms with E-state index in [1.807, 2.05) is 36.4 Å². The van der Waals surface area contributed by atoms with Gasteiger partial charge in [0.05, 0.1) is 6.61 Å². The number of rotatable bonds is 12. The summed E-state index contributed by atoms with van der Waals surface area (Å²) in [4.78, 5) is 15.8. The van der Waals surface area contributed by atoms with Crippen molar-refractivity contribution in [2.45, 2.75) is 45.2 Å². The van der Waals surface area contributed by atoms with Crippen LogP contribution in [0.2, 0.25) is 0 Å². The third-order valence-electron chi connectivity index (χ3n) is 5.31. The third-order valence-corrected chi connectivity index (χ3v) is 6.50. The van der Waals surface area contributed by atoms with Gasteiger partial charge in [-0.2, -0.15) is 0 Å². The first-order chi connectivity index (χ1) is 16.2. The normalized spacial score (nSPS) is 14.2. The molecular formula is C25H34N4O2S2. The van der Waals surface area contributed by atoms with Crippen LogP contribution in [0, 0.1) is 0 Å². The Hall–Kier alpha value is -2.42. The molecule has 1 aliphatic heterocycles. The van der Waals surface area contributed by atoms with E-state index in [0.29, 0.717) is 31.2 Å². The van der Waals surface area contributed by atoms with Crippen molar-refractivity contribution in [1.82, 2.24) is 20.9 Å². The summed E-state index contributed by atoms with van der Waals surface area (Å²) in [7, 11) is 0. The molecule has 3 rings (SSSR count). The minimum absolute atomic E-state index is 0.0503. The molecule has 3 N–H and O–H groups in total. The molecule has 0 saturated carbocycles. The zero-order valence-electron chi connectivity index (χ0n) is 19.1. The van der Waals surface area contributed by atoms with Gasteiger partial charge in [-0.05, 0) is 56.0 Å². The Kier molecular flexibility index (Phi) is 11.2. The molecule has 2 aromatic rings. The van der Waals surface area contributed by atoms with Crippen molar-refractivity contribution >= 4 is 34.6 Å². The van der Waals surface area contributed by atoms with Crippen molar-refractivity contribution in [3.63, 3.8) is 0 Å². The largest absolute Gasteiger partial charge is 0.492 e. The molecule has 0 bridgehead atoms. The Morgan fingerprint density at radius 3 is 2.79 bits per heavy atom. The fraction of sp³-hybridized carbons (Fsp3) is 0.440. The van der Waals surface area contributed by atoms with Gasteiger partial charge < -0.3 is 20.7 Å². The molecule has 1 amide bonds. The second-order valence-corrected chi connectivity index (χ2v) is 9.44. The number of carbonyl (C=O) groups is 1. The maximum Gasteiger partial charge on any atom is 0.225 e. The van der Waals surface area contributed by atoms with Crippen molar-refractivity contribution in [2.24, 2.45) is 0 Å². The highest BCUT2D eigenvalue weighted by molar-refractivity contribution is 7.80. The van der Waals surface area contributed by atoms with Crippen LogP contribution in [0.4, 0.5) is 0 Å². The van der Waals surface area contributed by atoms with Gasteiger partial charge in [-0.1, -0.05) is 42.8 Å². The van der Waals surface area contributed by atoms with E-state index >= 15 is 0 Å². The molecule has 8 heteroatoms. The van der Waals surface area contributed by atoms with Crippen LogP contribution in [0.5, 0.6) is 5.75 Å². The Morgan fingerprint density at radius 1 is 1.15 bits per heavy atom. The summed E-state index contributed by atoms with van der Waals surface area (Å²) in [6.45, 7) is 5.19. The number of likely N-dealkylation sites (tertiary alicyclic amines) is 1. The molecular weight excluding hydrogens is 452 g/mol. The highest BCUT2D eigenvalue weighted by Crippen LogP contribution is 2.24. The van der Waals surface area contributed by atoms with E-state index < -0.39 is 0 Å². The number of nitrogens with zero attached hydrogens (tertiary/aromatic N) is 1. The summed E-state index contributed by atoms with van der Waals surface area (Å²) in [5.41, 5.74) is 1.16. The molecule has 33 heavy (non-hydrogen) atoms. The van der Waals surface area contributed by atoms with Gasteiger partial charge in [0.15, 0.2) is 5.11 Å². The average Bonchev–Trinajstić information content (AvgIpc) is 3.28. The predicted molar refractivity (Wildman–Crippen MR) is 139 cm³/mol. The molecule has 178 valence electrons. The van der Waals surface area contributed by atoms with Crippen LogP contribution in [-0.2, 0) is 17.9 Å². The number of thiocarbonyl (C=S) groups is 1. The lowest BCUT2D eigenvalue weighted by molar-refractivity contribution is -0.120. The lowest BCUT2D eigenvalue weighted by Gasteiger charge is -2.25. The van der Waals surface area contributed by atoms with E-state index in [1.54, 1.807) is 17.5 Å². The van der Waals surface area contributed by atoms with Crippen LogP contribution >= 0.6 is 23.6 Å². The Balaban J connectivity index is 1.19. The first-order valence-electron chi connectivity index (χ1n) is 11.6. The van der Waals surface area contributed by atoms with Gasteiger partial charge in [-0.25, -0.2) is 0 Å². The van der Waals surface area contributed by atoms with Crippen molar-refractivity contribution in [2.75, 3.05) is 26.2 Å². The number of amides is 1. The molecule has 6 nitrogen and oxygen atoms in total. The van der Waals surface area contributed by atoms with E-state index in [4.69, 9.17) is 17.0 Å². The number of carbonyl (C=O) groups excluding carboxylic acids is 1. The predicted octanol–water partition coefficient (Wildman–Crippen LogP) is 4.19. The van der Waals surface area contributed by atoms with Gasteiger partial charge in [0.2, 0.25) is 5.91 Å². The monoisotopic (exact) mass is 486 g/mol. The second-order valence-electron chi connectivity index (χ2n) is 8.04. The molecule has 0 radical (unpaired) electrons. The Labute approximate surface area is 206 Å². The number of ether oxygens (including phenoxy) is 1. The number of piperidine rings is 1. The topological polar surface area (TPSA) is 65.6 Å². The number of nitrogens with one attached hydrogen (secondary N) is 3. The van der Waals surface area contributed by atoms with Crippen molar-refractivity contribution in [3.8, 4) is 5.75 Å². The Bertz CT molecular complexity index is 880. The minimum atomic E-state index is -0.0503. The summed E-state index contributed by atoms with van der Waals surface area (Å²) >= 11 is 7.01. The molecule has 2 heterocycles. The molecule has 1 aromatic heterocycles. The van der Waals surface area contributed by atoms with Gasteiger partial charge in [0, 0.05) is 42.7 Å². The quantitative estimate of drug-likeness (QED) is 0.309. The van der Waals surface area contributed by atoms with Gasteiger partial charge in [0.1, 0.15) is 5.75 Å². The highest BCUT2D eigenvalue weighted by Gasteiger charge is 2.11.